The van der Waals surface area contributed by atoms with E-state index in [0.29, 0.717) is 5.69 Å². The molecule has 37 heavy (non-hydrogen) atoms. The van der Waals surface area contributed by atoms with E-state index in [1.165, 1.54) is 31.4 Å². The van der Waals surface area contributed by atoms with Gasteiger partial charge < -0.3 is 15.4 Å². The highest BCUT2D eigenvalue weighted by Crippen LogP contribution is 2.30. The van der Waals surface area contributed by atoms with Crippen molar-refractivity contribution in [3.63, 3.8) is 0 Å². The molecule has 0 aliphatic carbocycles. The summed E-state index contributed by atoms with van der Waals surface area (Å²) in [6.07, 6.45) is 0.980. The summed E-state index contributed by atoms with van der Waals surface area (Å²) in [5.74, 6) is -2.11. The van der Waals surface area contributed by atoms with Crippen molar-refractivity contribution >= 4 is 52.4 Å². The fraction of sp³-hybridized carbons (Fsp3) is 0.143. The van der Waals surface area contributed by atoms with Crippen LogP contribution in [0.4, 0.5) is 17.1 Å². The largest absolute Gasteiger partial charge is 0.465 e. The number of esters is 1. The van der Waals surface area contributed by atoms with Crippen LogP contribution in [0, 0.1) is 0 Å². The maximum absolute atomic E-state index is 13.1. The van der Waals surface area contributed by atoms with E-state index in [4.69, 9.17) is 16.3 Å². The van der Waals surface area contributed by atoms with Gasteiger partial charge in [-0.25, -0.2) is 9.69 Å². The average Bonchev–Trinajstić information content (AvgIpc) is 3.12. The Morgan fingerprint density at radius 2 is 1.68 bits per heavy atom. The van der Waals surface area contributed by atoms with Crippen LogP contribution in [-0.4, -0.2) is 30.8 Å². The number of anilines is 3. The first-order valence-corrected chi connectivity index (χ1v) is 11.9. The Morgan fingerprint density at radius 1 is 0.946 bits per heavy atom. The third-order valence-corrected chi connectivity index (χ3v) is 6.16. The second-order valence-electron chi connectivity index (χ2n) is 8.23. The van der Waals surface area contributed by atoms with E-state index in [9.17, 15) is 19.2 Å². The van der Waals surface area contributed by atoms with Crippen LogP contribution < -0.4 is 15.5 Å². The van der Waals surface area contributed by atoms with Crippen molar-refractivity contribution in [3.05, 3.63) is 100 Å². The number of benzene rings is 3. The molecule has 0 atom stereocenters. The summed E-state index contributed by atoms with van der Waals surface area (Å²) < 4.78 is 4.70. The predicted octanol–water partition coefficient (Wildman–Crippen LogP) is 4.65. The van der Waals surface area contributed by atoms with Crippen LogP contribution in [0.15, 0.2) is 83.5 Å². The number of para-hydroxylation sites is 1. The lowest BCUT2D eigenvalue weighted by atomic mass is 10.1. The molecule has 0 radical (unpaired) electrons. The highest BCUT2D eigenvalue weighted by Gasteiger charge is 2.39. The molecule has 188 valence electrons. The summed E-state index contributed by atoms with van der Waals surface area (Å²) in [6, 6.07) is 20.5. The second-order valence-corrected chi connectivity index (χ2v) is 8.61. The molecule has 0 aromatic heterocycles. The van der Waals surface area contributed by atoms with E-state index in [0.717, 1.165) is 28.1 Å². The van der Waals surface area contributed by atoms with Crippen molar-refractivity contribution in [2.75, 3.05) is 22.6 Å². The summed E-state index contributed by atoms with van der Waals surface area (Å²) in [6.45, 7) is 2.03. The van der Waals surface area contributed by atoms with E-state index in [1.807, 2.05) is 31.2 Å². The molecule has 0 saturated heterocycles. The zero-order valence-electron chi connectivity index (χ0n) is 20.2. The number of halogens is 1. The Morgan fingerprint density at radius 3 is 2.38 bits per heavy atom. The van der Waals surface area contributed by atoms with Gasteiger partial charge in [-0.1, -0.05) is 54.9 Å². The lowest BCUT2D eigenvalue weighted by Gasteiger charge is -2.16. The first-order valence-electron chi connectivity index (χ1n) is 11.5. The smallest absolute Gasteiger partial charge is 0.337 e. The summed E-state index contributed by atoms with van der Waals surface area (Å²) in [4.78, 5) is 51.1. The molecular weight excluding hydrogens is 494 g/mol. The fourth-order valence-corrected chi connectivity index (χ4v) is 4.13. The van der Waals surface area contributed by atoms with Crippen LogP contribution in [0.2, 0.25) is 0 Å². The number of hydrogen-bond acceptors (Lipinski definition) is 6. The molecule has 8 nitrogen and oxygen atoms in total. The molecule has 3 aromatic carbocycles. The summed E-state index contributed by atoms with van der Waals surface area (Å²) in [5, 5.41) is 5.56. The Bertz CT molecular complexity index is 1420. The zero-order chi connectivity index (χ0) is 26.5. The van der Waals surface area contributed by atoms with Gasteiger partial charge in [0.1, 0.15) is 10.7 Å². The minimum absolute atomic E-state index is 0.0863. The van der Waals surface area contributed by atoms with Crippen LogP contribution in [0.3, 0.4) is 0 Å². The molecule has 0 unspecified atom stereocenters. The Balaban J connectivity index is 1.44. The number of nitrogens with zero attached hydrogens (tertiary/aromatic N) is 1. The van der Waals surface area contributed by atoms with Gasteiger partial charge in [0.2, 0.25) is 5.91 Å². The number of amides is 3. The van der Waals surface area contributed by atoms with Crippen molar-refractivity contribution in [1.29, 1.82) is 0 Å². The number of carbonyl (C=O) groups excluding carboxylic acids is 4. The molecule has 3 amide bonds. The van der Waals surface area contributed by atoms with Crippen LogP contribution in [0.5, 0.6) is 0 Å². The molecule has 2 N–H and O–H groups in total. The number of rotatable bonds is 8. The van der Waals surface area contributed by atoms with Gasteiger partial charge in [0.05, 0.1) is 24.8 Å². The number of imide groups is 1. The monoisotopic (exact) mass is 517 g/mol. The zero-order valence-corrected chi connectivity index (χ0v) is 21.0. The second kappa shape index (κ2) is 11.1. The minimum Gasteiger partial charge on any atom is -0.465 e. The quantitative estimate of drug-likeness (QED) is 0.333. The summed E-state index contributed by atoms with van der Waals surface area (Å²) in [5.41, 5.74) is 3.43. The van der Waals surface area contributed by atoms with E-state index in [-0.39, 0.29) is 34.3 Å². The number of carbonyl (C=O) groups is 4. The van der Waals surface area contributed by atoms with Gasteiger partial charge in [0.15, 0.2) is 0 Å². The van der Waals surface area contributed by atoms with Gasteiger partial charge in [0, 0.05) is 11.4 Å². The Labute approximate surface area is 218 Å². The van der Waals surface area contributed by atoms with Crippen molar-refractivity contribution in [2.45, 2.75) is 19.8 Å². The van der Waals surface area contributed by atoms with Crippen molar-refractivity contribution in [3.8, 4) is 0 Å². The first kappa shape index (κ1) is 25.7. The van der Waals surface area contributed by atoms with Crippen molar-refractivity contribution < 1.29 is 23.9 Å². The standard InChI is InChI=1S/C28H24ClN3O5/c1-3-18-7-4-5-10-22(18)31-23(33)15-17-11-13-20(14-12-17)30-25-24(29)26(34)32(27(25)35)21-9-6-8-19(16-21)28(36)37-2/h4-14,16,30H,3,15H2,1-2H3,(H,31,33). The fourth-order valence-electron chi connectivity index (χ4n) is 3.92. The van der Waals surface area contributed by atoms with Crippen LogP contribution in [0.1, 0.15) is 28.4 Å². The van der Waals surface area contributed by atoms with Gasteiger partial charge in [-0.15, -0.1) is 0 Å². The van der Waals surface area contributed by atoms with Crippen LogP contribution in [0.25, 0.3) is 0 Å². The van der Waals surface area contributed by atoms with Crippen LogP contribution >= 0.6 is 11.6 Å². The lowest BCUT2D eigenvalue weighted by molar-refractivity contribution is -0.120. The molecule has 4 rings (SSSR count). The maximum atomic E-state index is 13.1. The molecule has 0 spiro atoms. The number of nitrogens with one attached hydrogen (secondary N) is 2. The molecule has 1 aliphatic heterocycles. The van der Waals surface area contributed by atoms with Crippen molar-refractivity contribution in [2.24, 2.45) is 0 Å². The summed E-state index contributed by atoms with van der Waals surface area (Å²) in [7, 11) is 1.24. The van der Waals surface area contributed by atoms with E-state index in [1.54, 1.807) is 24.3 Å². The minimum atomic E-state index is -0.711. The number of aryl methyl sites for hydroxylation is 1. The van der Waals surface area contributed by atoms with Gasteiger partial charge in [-0.05, 0) is 53.9 Å². The Hall–Kier alpha value is -4.43. The predicted molar refractivity (Wildman–Crippen MR) is 141 cm³/mol. The molecule has 3 aromatic rings. The van der Waals surface area contributed by atoms with Crippen LogP contribution in [-0.2, 0) is 32.0 Å². The molecule has 1 heterocycles. The maximum Gasteiger partial charge on any atom is 0.337 e. The topological polar surface area (TPSA) is 105 Å². The average molecular weight is 518 g/mol. The third kappa shape index (κ3) is 5.54. The lowest BCUT2D eigenvalue weighted by Crippen LogP contribution is -2.32. The molecule has 0 fully saturated rings. The van der Waals surface area contributed by atoms with Gasteiger partial charge >= 0.3 is 5.97 Å². The number of methoxy groups -OCH3 is 1. The SMILES string of the molecule is CCc1ccccc1NC(=O)Cc1ccc(NC2=C(Cl)C(=O)N(c3cccc(C(=O)OC)c3)C2=O)cc1. The molecule has 0 saturated carbocycles. The summed E-state index contributed by atoms with van der Waals surface area (Å²) >= 11 is 6.21. The van der Waals surface area contributed by atoms with E-state index < -0.39 is 17.8 Å². The van der Waals surface area contributed by atoms with Gasteiger partial charge in [-0.2, -0.15) is 0 Å². The number of ether oxygens (including phenoxy) is 1. The third-order valence-electron chi connectivity index (χ3n) is 5.81. The van der Waals surface area contributed by atoms with E-state index in [2.05, 4.69) is 10.6 Å². The Kier molecular flexibility index (Phi) is 7.69. The van der Waals surface area contributed by atoms with E-state index >= 15 is 0 Å². The molecular formula is C28H24ClN3O5. The first-order chi connectivity index (χ1) is 17.8. The van der Waals surface area contributed by atoms with Crippen molar-refractivity contribution in [1.82, 2.24) is 0 Å². The van der Waals surface area contributed by atoms with Gasteiger partial charge in [-0.3, -0.25) is 14.4 Å². The normalized spacial score (nSPS) is 13.1. The molecule has 9 heteroatoms. The van der Waals surface area contributed by atoms with Gasteiger partial charge in [0.25, 0.3) is 11.8 Å². The number of hydrogen-bond donors (Lipinski definition) is 2. The highest BCUT2D eigenvalue weighted by atomic mass is 35.5. The molecule has 1 aliphatic rings. The highest BCUT2D eigenvalue weighted by molar-refractivity contribution is 6.53. The molecule has 0 bridgehead atoms.